The number of hydrogen-bond acceptors (Lipinski definition) is 4. The molecule has 1 aromatic carbocycles. The molecule has 1 amide bonds. The Morgan fingerprint density at radius 3 is 2.73 bits per heavy atom. The van der Waals surface area contributed by atoms with Gasteiger partial charge in [0.15, 0.2) is 0 Å². The summed E-state index contributed by atoms with van der Waals surface area (Å²) in [4.78, 5) is 31.4. The number of ether oxygens (including phenoxy) is 1. The van der Waals surface area contributed by atoms with Gasteiger partial charge in [0, 0.05) is 44.1 Å². The van der Waals surface area contributed by atoms with Gasteiger partial charge in [-0.15, -0.1) is 0 Å². The van der Waals surface area contributed by atoms with Crippen LogP contribution in [0.3, 0.4) is 0 Å². The van der Waals surface area contributed by atoms with Crippen LogP contribution >= 0.6 is 0 Å². The fraction of sp³-hybridized carbons (Fsp3) is 0.400. The summed E-state index contributed by atoms with van der Waals surface area (Å²) in [6.45, 7) is 4.24. The van der Waals surface area contributed by atoms with Gasteiger partial charge in [0.25, 0.3) is 5.91 Å². The van der Waals surface area contributed by atoms with Gasteiger partial charge in [-0.25, -0.2) is 4.79 Å². The molecule has 1 N–H and O–H groups in total. The van der Waals surface area contributed by atoms with Gasteiger partial charge in [0.05, 0.1) is 11.1 Å². The lowest BCUT2D eigenvalue weighted by Gasteiger charge is -2.34. The molecule has 4 rings (SSSR count). The zero-order chi connectivity index (χ0) is 17.9. The molecule has 2 aliphatic heterocycles. The molecular formula is C20H23N3O3. The zero-order valence-corrected chi connectivity index (χ0v) is 14.7. The van der Waals surface area contributed by atoms with Crippen molar-refractivity contribution in [2.45, 2.75) is 18.9 Å². The number of piperazine rings is 1. The van der Waals surface area contributed by atoms with Crippen LogP contribution in [0, 0.1) is 0 Å². The fourth-order valence-corrected chi connectivity index (χ4v) is 3.75. The van der Waals surface area contributed by atoms with Crippen molar-refractivity contribution in [2.24, 2.45) is 0 Å². The van der Waals surface area contributed by atoms with Crippen molar-refractivity contribution >= 4 is 11.9 Å². The number of nitrogens with one attached hydrogen (secondary N) is 1. The normalized spacial score (nSPS) is 20.1. The largest absolute Gasteiger partial charge is 0.454 e. The lowest BCUT2D eigenvalue weighted by molar-refractivity contribution is 0.0353. The third-order valence-corrected chi connectivity index (χ3v) is 5.22. The summed E-state index contributed by atoms with van der Waals surface area (Å²) in [6, 6.07) is 9.45. The zero-order valence-electron chi connectivity index (χ0n) is 14.7. The highest BCUT2D eigenvalue weighted by Gasteiger charge is 2.30. The molecule has 0 aliphatic carbocycles. The van der Waals surface area contributed by atoms with Gasteiger partial charge in [0.1, 0.15) is 6.10 Å². The van der Waals surface area contributed by atoms with Gasteiger partial charge >= 0.3 is 5.97 Å². The number of cyclic esters (lactones) is 1. The molecule has 2 aliphatic rings. The molecule has 26 heavy (non-hydrogen) atoms. The maximum atomic E-state index is 12.3. The first-order valence-corrected chi connectivity index (χ1v) is 9.17. The van der Waals surface area contributed by atoms with Gasteiger partial charge < -0.3 is 14.6 Å². The molecule has 1 aromatic heterocycles. The van der Waals surface area contributed by atoms with Crippen LogP contribution in [0.25, 0.3) is 0 Å². The average molecular weight is 353 g/mol. The molecule has 6 heteroatoms. The van der Waals surface area contributed by atoms with Gasteiger partial charge in [0.2, 0.25) is 0 Å². The number of carbonyl (C=O) groups excluding carboxylic acids is 2. The smallest absolute Gasteiger partial charge is 0.339 e. The lowest BCUT2D eigenvalue weighted by atomic mass is 10.0. The van der Waals surface area contributed by atoms with Crippen molar-refractivity contribution in [1.29, 1.82) is 0 Å². The second kappa shape index (κ2) is 7.33. The van der Waals surface area contributed by atoms with Crippen LogP contribution in [0.1, 0.15) is 45.2 Å². The molecular weight excluding hydrogens is 330 g/mol. The quantitative estimate of drug-likeness (QED) is 0.839. The fourth-order valence-electron chi connectivity index (χ4n) is 3.75. The molecule has 1 atom stereocenters. The summed E-state index contributed by atoms with van der Waals surface area (Å²) >= 11 is 0. The highest BCUT2D eigenvalue weighted by atomic mass is 16.5. The third-order valence-electron chi connectivity index (χ3n) is 5.22. The topological polar surface area (TPSA) is 65.6 Å². The molecule has 1 unspecified atom stereocenters. The summed E-state index contributed by atoms with van der Waals surface area (Å²) in [7, 11) is 0. The molecule has 0 spiro atoms. The van der Waals surface area contributed by atoms with Crippen molar-refractivity contribution in [1.82, 2.24) is 14.8 Å². The van der Waals surface area contributed by atoms with E-state index in [1.165, 1.54) is 0 Å². The number of H-pyrrole nitrogens is 1. The summed E-state index contributed by atoms with van der Waals surface area (Å²) in [5.41, 5.74) is 2.44. The van der Waals surface area contributed by atoms with Gasteiger partial charge in [-0.05, 0) is 31.5 Å². The Bertz CT molecular complexity index is 779. The van der Waals surface area contributed by atoms with Crippen molar-refractivity contribution in [3.05, 3.63) is 59.4 Å². The number of amides is 1. The van der Waals surface area contributed by atoms with E-state index < -0.39 is 0 Å². The molecule has 1 fully saturated rings. The summed E-state index contributed by atoms with van der Waals surface area (Å²) in [5.74, 6) is -0.108. The number of carbonyl (C=O) groups is 2. The lowest BCUT2D eigenvalue weighted by Crippen LogP contribution is -2.48. The van der Waals surface area contributed by atoms with Crippen molar-refractivity contribution < 1.29 is 14.3 Å². The molecule has 0 saturated carbocycles. The molecule has 0 bridgehead atoms. The maximum Gasteiger partial charge on any atom is 0.339 e. The Labute approximate surface area is 152 Å². The number of nitrogens with zero attached hydrogens (tertiary/aromatic N) is 2. The minimum atomic E-state index is -0.206. The second-order valence-electron chi connectivity index (χ2n) is 6.86. The van der Waals surface area contributed by atoms with Crippen LogP contribution in [0.15, 0.2) is 42.7 Å². The predicted molar refractivity (Wildman–Crippen MR) is 97.0 cm³/mol. The number of aromatic nitrogens is 1. The second-order valence-corrected chi connectivity index (χ2v) is 6.86. The van der Waals surface area contributed by atoms with Crippen LogP contribution in [-0.2, 0) is 4.74 Å². The Morgan fingerprint density at radius 1 is 1.15 bits per heavy atom. The maximum absolute atomic E-state index is 12.3. The van der Waals surface area contributed by atoms with E-state index in [4.69, 9.17) is 4.74 Å². The third kappa shape index (κ3) is 3.37. The van der Waals surface area contributed by atoms with E-state index >= 15 is 0 Å². The minimum Gasteiger partial charge on any atom is -0.454 e. The Balaban J connectivity index is 1.22. The number of rotatable bonds is 5. The standard InChI is InChI=1S/C20H23N3O3/c24-19(15-7-8-21-14-15)23-12-10-22(11-13-23)9-3-6-18-16-4-1-2-5-17(16)20(25)26-18/h1-2,4-5,7-8,14,18,21H,3,6,9-13H2. The summed E-state index contributed by atoms with van der Waals surface area (Å²) < 4.78 is 5.50. The number of benzene rings is 1. The van der Waals surface area contributed by atoms with Gasteiger partial charge in [-0.2, -0.15) is 0 Å². The summed E-state index contributed by atoms with van der Waals surface area (Å²) in [6.07, 6.45) is 5.21. The van der Waals surface area contributed by atoms with Crippen LogP contribution in [0.4, 0.5) is 0 Å². The van der Waals surface area contributed by atoms with E-state index in [9.17, 15) is 9.59 Å². The van der Waals surface area contributed by atoms with E-state index in [0.29, 0.717) is 5.56 Å². The minimum absolute atomic E-state index is 0.0976. The monoisotopic (exact) mass is 353 g/mol. The van der Waals surface area contributed by atoms with E-state index in [1.807, 2.05) is 35.2 Å². The Morgan fingerprint density at radius 2 is 1.96 bits per heavy atom. The first kappa shape index (κ1) is 16.8. The van der Waals surface area contributed by atoms with E-state index in [0.717, 1.165) is 56.7 Å². The number of hydrogen-bond donors (Lipinski definition) is 1. The Hall–Kier alpha value is -2.60. The van der Waals surface area contributed by atoms with Gasteiger partial charge in [-0.3, -0.25) is 9.69 Å². The van der Waals surface area contributed by atoms with E-state index in [1.54, 1.807) is 12.4 Å². The first-order chi connectivity index (χ1) is 12.7. The number of esters is 1. The summed E-state index contributed by atoms with van der Waals surface area (Å²) in [5, 5.41) is 0. The highest BCUT2D eigenvalue weighted by Crippen LogP contribution is 2.33. The molecule has 3 heterocycles. The molecule has 6 nitrogen and oxygen atoms in total. The van der Waals surface area contributed by atoms with Crippen LogP contribution in [-0.4, -0.2) is 59.4 Å². The average Bonchev–Trinajstić information content (AvgIpc) is 3.31. The van der Waals surface area contributed by atoms with Crippen LogP contribution in [0.2, 0.25) is 0 Å². The first-order valence-electron chi connectivity index (χ1n) is 9.17. The van der Waals surface area contributed by atoms with Crippen molar-refractivity contribution in [3.8, 4) is 0 Å². The Kier molecular flexibility index (Phi) is 4.75. The highest BCUT2D eigenvalue weighted by molar-refractivity contribution is 5.94. The molecule has 0 radical (unpaired) electrons. The number of fused-ring (bicyclic) bond motifs is 1. The number of aromatic amines is 1. The molecule has 2 aromatic rings. The predicted octanol–water partition coefficient (Wildman–Crippen LogP) is 2.46. The van der Waals surface area contributed by atoms with Crippen LogP contribution < -0.4 is 0 Å². The van der Waals surface area contributed by atoms with E-state index in [-0.39, 0.29) is 18.0 Å². The van der Waals surface area contributed by atoms with Crippen molar-refractivity contribution in [3.63, 3.8) is 0 Å². The van der Waals surface area contributed by atoms with Gasteiger partial charge in [-0.1, -0.05) is 18.2 Å². The van der Waals surface area contributed by atoms with Crippen LogP contribution in [0.5, 0.6) is 0 Å². The SMILES string of the molecule is O=C1OC(CCCN2CCN(C(=O)c3cc[nH]c3)CC2)c2ccccc21. The molecule has 136 valence electrons. The van der Waals surface area contributed by atoms with E-state index in [2.05, 4.69) is 9.88 Å². The molecule has 1 saturated heterocycles. The van der Waals surface area contributed by atoms with Crippen molar-refractivity contribution in [2.75, 3.05) is 32.7 Å².